The van der Waals surface area contributed by atoms with Crippen LogP contribution in [-0.4, -0.2) is 15.9 Å². The first-order valence-electron chi connectivity index (χ1n) is 5.67. The molecule has 2 N–H and O–H groups in total. The van der Waals surface area contributed by atoms with E-state index >= 15 is 0 Å². The van der Waals surface area contributed by atoms with E-state index in [1.807, 2.05) is 18.2 Å². The predicted molar refractivity (Wildman–Crippen MR) is 68.5 cm³/mol. The average molecular weight is 294 g/mol. The minimum Gasteiger partial charge on any atom is -0.346 e. The third-order valence-corrected chi connectivity index (χ3v) is 3.52. The number of hydrogen-bond acceptors (Lipinski definition) is 2. The van der Waals surface area contributed by atoms with Gasteiger partial charge in [-0.15, -0.1) is 0 Å². The van der Waals surface area contributed by atoms with Gasteiger partial charge >= 0.3 is 0 Å². The highest BCUT2D eigenvalue weighted by Crippen LogP contribution is 2.24. The summed E-state index contributed by atoms with van der Waals surface area (Å²) in [5.41, 5.74) is 1.93. The molecule has 0 spiro atoms. The van der Waals surface area contributed by atoms with E-state index in [0.29, 0.717) is 6.42 Å². The number of halogens is 1. The lowest BCUT2D eigenvalue weighted by molar-refractivity contribution is -0.123. The van der Waals surface area contributed by atoms with E-state index in [0.717, 1.165) is 34.2 Å². The van der Waals surface area contributed by atoms with Crippen molar-refractivity contribution in [3.8, 4) is 0 Å². The summed E-state index contributed by atoms with van der Waals surface area (Å²) in [6.45, 7) is 0. The van der Waals surface area contributed by atoms with Crippen LogP contribution in [0.5, 0.6) is 0 Å². The second kappa shape index (κ2) is 4.14. The van der Waals surface area contributed by atoms with Gasteiger partial charge in [0.1, 0.15) is 5.82 Å². The number of nitrogens with one attached hydrogen (secondary N) is 2. The topological polar surface area (TPSA) is 57.8 Å². The van der Waals surface area contributed by atoms with Crippen molar-refractivity contribution >= 4 is 32.9 Å². The van der Waals surface area contributed by atoms with E-state index in [1.165, 1.54) is 0 Å². The van der Waals surface area contributed by atoms with Gasteiger partial charge in [0, 0.05) is 10.9 Å². The number of nitrogens with zero attached hydrogens (tertiary/aromatic N) is 1. The molecule has 1 amide bonds. The fraction of sp³-hybridized carbons (Fsp3) is 0.333. The molecule has 3 rings (SSSR count). The number of aromatic amines is 1. The molecule has 1 aliphatic rings. The van der Waals surface area contributed by atoms with E-state index in [9.17, 15) is 4.79 Å². The molecule has 0 radical (unpaired) electrons. The number of benzene rings is 1. The Morgan fingerprint density at radius 1 is 1.41 bits per heavy atom. The van der Waals surface area contributed by atoms with E-state index in [1.54, 1.807) is 0 Å². The van der Waals surface area contributed by atoms with Gasteiger partial charge in [-0.2, -0.15) is 0 Å². The summed E-state index contributed by atoms with van der Waals surface area (Å²) < 4.78 is 1.02. The second-order valence-electron chi connectivity index (χ2n) is 4.30. The smallest absolute Gasteiger partial charge is 0.220 e. The molecule has 0 unspecified atom stereocenters. The number of piperidine rings is 1. The van der Waals surface area contributed by atoms with Crippen LogP contribution in [0, 0.1) is 0 Å². The number of aromatic nitrogens is 2. The van der Waals surface area contributed by atoms with Crippen molar-refractivity contribution in [2.45, 2.75) is 25.3 Å². The van der Waals surface area contributed by atoms with Crippen LogP contribution in [0.3, 0.4) is 0 Å². The Kier molecular flexibility index (Phi) is 2.63. The largest absolute Gasteiger partial charge is 0.346 e. The number of amides is 1. The SMILES string of the molecule is O=C1CCC[C@@H](c2nc3ccc(Br)cc3[nH]2)N1. The lowest BCUT2D eigenvalue weighted by Crippen LogP contribution is -2.32. The quantitative estimate of drug-likeness (QED) is 0.849. The number of rotatable bonds is 1. The van der Waals surface area contributed by atoms with Gasteiger partial charge in [-0.05, 0) is 31.0 Å². The Bertz CT molecular complexity index is 578. The molecule has 1 atom stereocenters. The van der Waals surface area contributed by atoms with Crippen molar-refractivity contribution in [3.63, 3.8) is 0 Å². The summed E-state index contributed by atoms with van der Waals surface area (Å²) in [5.74, 6) is 0.967. The summed E-state index contributed by atoms with van der Waals surface area (Å²) in [7, 11) is 0. The molecule has 88 valence electrons. The summed E-state index contributed by atoms with van der Waals surface area (Å²) in [6.07, 6.45) is 2.51. The van der Waals surface area contributed by atoms with Crippen LogP contribution >= 0.6 is 15.9 Å². The zero-order valence-corrected chi connectivity index (χ0v) is 10.8. The molecule has 0 saturated carbocycles. The molecule has 17 heavy (non-hydrogen) atoms. The number of carbonyl (C=O) groups excluding carboxylic acids is 1. The lowest BCUT2D eigenvalue weighted by atomic mass is 10.0. The van der Waals surface area contributed by atoms with Crippen molar-refractivity contribution in [1.82, 2.24) is 15.3 Å². The number of carbonyl (C=O) groups is 1. The van der Waals surface area contributed by atoms with Gasteiger partial charge in [-0.1, -0.05) is 15.9 Å². The molecule has 2 aromatic rings. The molecule has 1 saturated heterocycles. The van der Waals surface area contributed by atoms with Gasteiger partial charge < -0.3 is 10.3 Å². The fourth-order valence-electron chi connectivity index (χ4n) is 2.18. The molecule has 1 aromatic heterocycles. The van der Waals surface area contributed by atoms with Crippen LogP contribution in [0.15, 0.2) is 22.7 Å². The zero-order valence-electron chi connectivity index (χ0n) is 9.16. The number of fused-ring (bicyclic) bond motifs is 1. The first kappa shape index (κ1) is 10.8. The van der Waals surface area contributed by atoms with Gasteiger partial charge in [0.05, 0.1) is 17.1 Å². The summed E-state index contributed by atoms with van der Waals surface area (Å²) in [4.78, 5) is 19.1. The first-order valence-corrected chi connectivity index (χ1v) is 6.46. The van der Waals surface area contributed by atoms with Gasteiger partial charge in [-0.25, -0.2) is 4.98 Å². The third kappa shape index (κ3) is 2.07. The number of hydrogen-bond donors (Lipinski definition) is 2. The van der Waals surface area contributed by atoms with Crippen LogP contribution < -0.4 is 5.32 Å². The molecule has 0 bridgehead atoms. The maximum Gasteiger partial charge on any atom is 0.220 e. The minimum absolute atomic E-state index is 0.0300. The Morgan fingerprint density at radius 2 is 2.29 bits per heavy atom. The van der Waals surface area contributed by atoms with Gasteiger partial charge in [-0.3, -0.25) is 4.79 Å². The molecule has 1 aliphatic heterocycles. The number of imidazole rings is 1. The lowest BCUT2D eigenvalue weighted by Gasteiger charge is -2.20. The normalized spacial score (nSPS) is 20.5. The Balaban J connectivity index is 1.97. The highest BCUT2D eigenvalue weighted by atomic mass is 79.9. The highest BCUT2D eigenvalue weighted by molar-refractivity contribution is 9.10. The standard InChI is InChI=1S/C12H12BrN3O/c13-7-4-5-8-10(6-7)16-12(15-8)9-2-1-3-11(17)14-9/h4-6,9H,1-3H2,(H,14,17)(H,15,16)/t9-/m0/s1. The van der Waals surface area contributed by atoms with E-state index in [4.69, 9.17) is 0 Å². The van der Waals surface area contributed by atoms with Crippen molar-refractivity contribution in [2.75, 3.05) is 0 Å². The molecule has 2 heterocycles. The molecule has 1 fully saturated rings. The van der Waals surface area contributed by atoms with Crippen molar-refractivity contribution < 1.29 is 4.79 Å². The Hall–Kier alpha value is -1.36. The zero-order chi connectivity index (χ0) is 11.8. The Morgan fingerprint density at radius 3 is 3.12 bits per heavy atom. The third-order valence-electron chi connectivity index (χ3n) is 3.02. The molecular weight excluding hydrogens is 282 g/mol. The molecule has 0 aliphatic carbocycles. The van der Waals surface area contributed by atoms with Gasteiger partial charge in [0.25, 0.3) is 0 Å². The van der Waals surface area contributed by atoms with Crippen LogP contribution in [0.2, 0.25) is 0 Å². The van der Waals surface area contributed by atoms with E-state index < -0.39 is 0 Å². The van der Waals surface area contributed by atoms with Crippen LogP contribution in [0.25, 0.3) is 11.0 Å². The van der Waals surface area contributed by atoms with Crippen molar-refractivity contribution in [2.24, 2.45) is 0 Å². The predicted octanol–water partition coefficient (Wildman–Crippen LogP) is 2.67. The summed E-state index contributed by atoms with van der Waals surface area (Å²) in [5, 5.41) is 2.96. The van der Waals surface area contributed by atoms with Gasteiger partial charge in [0.2, 0.25) is 5.91 Å². The average Bonchev–Trinajstić information content (AvgIpc) is 2.72. The maximum absolute atomic E-state index is 11.4. The highest BCUT2D eigenvalue weighted by Gasteiger charge is 2.22. The van der Waals surface area contributed by atoms with Crippen LogP contribution in [0.1, 0.15) is 31.1 Å². The minimum atomic E-state index is 0.0300. The maximum atomic E-state index is 11.4. The van der Waals surface area contributed by atoms with Gasteiger partial charge in [0.15, 0.2) is 0 Å². The van der Waals surface area contributed by atoms with Crippen LogP contribution in [-0.2, 0) is 4.79 Å². The molecular formula is C12H12BrN3O. The second-order valence-corrected chi connectivity index (χ2v) is 5.21. The molecule has 4 nitrogen and oxygen atoms in total. The van der Waals surface area contributed by atoms with E-state index in [-0.39, 0.29) is 11.9 Å². The van der Waals surface area contributed by atoms with Crippen LogP contribution in [0.4, 0.5) is 0 Å². The molecule has 5 heteroatoms. The summed E-state index contributed by atoms with van der Waals surface area (Å²) in [6, 6.07) is 5.95. The summed E-state index contributed by atoms with van der Waals surface area (Å²) >= 11 is 3.43. The Labute approximate surface area is 107 Å². The first-order chi connectivity index (χ1) is 8.22. The monoisotopic (exact) mass is 293 g/mol. The van der Waals surface area contributed by atoms with Crippen molar-refractivity contribution in [3.05, 3.63) is 28.5 Å². The van der Waals surface area contributed by atoms with E-state index in [2.05, 4.69) is 31.2 Å². The number of H-pyrrole nitrogens is 1. The molecule has 1 aromatic carbocycles. The van der Waals surface area contributed by atoms with Crippen molar-refractivity contribution in [1.29, 1.82) is 0 Å². The fourth-order valence-corrected chi connectivity index (χ4v) is 2.54.